The minimum atomic E-state index is -0.409. The lowest BCUT2D eigenvalue weighted by molar-refractivity contribution is -0.124. The van der Waals surface area contributed by atoms with Crippen molar-refractivity contribution in [2.45, 2.75) is 51.1 Å². The Balaban J connectivity index is 1.91. The molecule has 0 radical (unpaired) electrons. The first-order valence-corrected chi connectivity index (χ1v) is 9.37. The molecule has 2 aromatic heterocycles. The first kappa shape index (κ1) is 16.8. The molecule has 0 spiro atoms. The molecule has 4 rings (SSSR count). The SMILES string of the molecule is CCC(C(=O)NC1CCCC1)n1c2ccccc2c2cnn(C)c(=O)c21. The summed E-state index contributed by atoms with van der Waals surface area (Å²) in [5, 5.41) is 9.13. The molecule has 1 amide bonds. The highest BCUT2D eigenvalue weighted by Gasteiger charge is 2.27. The predicted molar refractivity (Wildman–Crippen MR) is 102 cm³/mol. The molecule has 1 fully saturated rings. The average Bonchev–Trinajstić information content (AvgIpc) is 3.26. The summed E-state index contributed by atoms with van der Waals surface area (Å²) in [5.41, 5.74) is 1.28. The van der Waals surface area contributed by atoms with E-state index in [9.17, 15) is 9.59 Å². The van der Waals surface area contributed by atoms with Gasteiger partial charge in [-0.3, -0.25) is 9.59 Å². The molecule has 6 heteroatoms. The first-order valence-electron chi connectivity index (χ1n) is 9.37. The monoisotopic (exact) mass is 352 g/mol. The van der Waals surface area contributed by atoms with Gasteiger partial charge in [-0.1, -0.05) is 38.0 Å². The van der Waals surface area contributed by atoms with Crippen LogP contribution in [0.3, 0.4) is 0 Å². The van der Waals surface area contributed by atoms with Gasteiger partial charge in [-0.05, 0) is 25.3 Å². The van der Waals surface area contributed by atoms with Crippen molar-refractivity contribution in [3.05, 3.63) is 40.8 Å². The number of para-hydroxylation sites is 1. The van der Waals surface area contributed by atoms with Crippen LogP contribution in [-0.4, -0.2) is 26.3 Å². The molecule has 0 saturated heterocycles. The number of hydrogen-bond acceptors (Lipinski definition) is 3. The van der Waals surface area contributed by atoms with E-state index >= 15 is 0 Å². The summed E-state index contributed by atoms with van der Waals surface area (Å²) in [6, 6.07) is 7.69. The Kier molecular flexibility index (Phi) is 4.26. The second kappa shape index (κ2) is 6.59. The maximum absolute atomic E-state index is 13.1. The van der Waals surface area contributed by atoms with Crippen molar-refractivity contribution in [1.82, 2.24) is 19.7 Å². The minimum absolute atomic E-state index is 0.000850. The lowest BCUT2D eigenvalue weighted by atomic mass is 10.1. The van der Waals surface area contributed by atoms with Gasteiger partial charge in [-0.2, -0.15) is 5.10 Å². The van der Waals surface area contributed by atoms with Crippen LogP contribution in [0.2, 0.25) is 0 Å². The first-order chi connectivity index (χ1) is 12.6. The highest BCUT2D eigenvalue weighted by molar-refractivity contribution is 6.08. The minimum Gasteiger partial charge on any atom is -0.352 e. The van der Waals surface area contributed by atoms with E-state index in [1.807, 2.05) is 35.8 Å². The van der Waals surface area contributed by atoms with Crippen LogP contribution in [0.25, 0.3) is 21.8 Å². The van der Waals surface area contributed by atoms with Crippen molar-refractivity contribution in [3.63, 3.8) is 0 Å². The smallest absolute Gasteiger partial charge is 0.291 e. The summed E-state index contributed by atoms with van der Waals surface area (Å²) in [7, 11) is 1.64. The number of aromatic nitrogens is 3. The molecule has 1 aromatic carbocycles. The Bertz CT molecular complexity index is 1030. The molecule has 136 valence electrons. The Labute approximate surface area is 151 Å². The summed E-state index contributed by atoms with van der Waals surface area (Å²) >= 11 is 0. The van der Waals surface area contributed by atoms with Crippen LogP contribution in [0.5, 0.6) is 0 Å². The van der Waals surface area contributed by atoms with Crippen molar-refractivity contribution in [1.29, 1.82) is 0 Å². The zero-order chi connectivity index (χ0) is 18.3. The van der Waals surface area contributed by atoms with Gasteiger partial charge >= 0.3 is 0 Å². The van der Waals surface area contributed by atoms with E-state index in [0.717, 1.165) is 29.1 Å². The second-order valence-electron chi connectivity index (χ2n) is 7.14. The van der Waals surface area contributed by atoms with E-state index in [0.29, 0.717) is 11.9 Å². The fourth-order valence-electron chi connectivity index (χ4n) is 4.16. The molecule has 1 aliphatic carbocycles. The lowest BCUT2D eigenvalue weighted by Crippen LogP contribution is -2.38. The van der Waals surface area contributed by atoms with Gasteiger partial charge in [0, 0.05) is 23.9 Å². The van der Waals surface area contributed by atoms with Crippen molar-refractivity contribution in [2.75, 3.05) is 0 Å². The normalized spacial score (nSPS) is 16.4. The van der Waals surface area contributed by atoms with Gasteiger partial charge in [0.05, 0.1) is 11.7 Å². The molecule has 1 unspecified atom stereocenters. The van der Waals surface area contributed by atoms with Crippen molar-refractivity contribution >= 4 is 27.7 Å². The predicted octanol–water partition coefficient (Wildman–Crippen LogP) is 2.90. The Morgan fingerprint density at radius 3 is 2.73 bits per heavy atom. The number of nitrogens with zero attached hydrogens (tertiary/aromatic N) is 3. The molecule has 1 N–H and O–H groups in total. The molecule has 1 aliphatic rings. The number of carbonyl (C=O) groups is 1. The summed E-state index contributed by atoms with van der Waals surface area (Å²) in [6.07, 6.45) is 6.77. The van der Waals surface area contributed by atoms with Gasteiger partial charge in [0.1, 0.15) is 11.6 Å². The number of nitrogens with one attached hydrogen (secondary N) is 1. The number of amides is 1. The molecule has 2 heterocycles. The number of carbonyl (C=O) groups excluding carboxylic acids is 1. The van der Waals surface area contributed by atoms with Gasteiger partial charge in [0.25, 0.3) is 5.56 Å². The number of aryl methyl sites for hydroxylation is 1. The summed E-state index contributed by atoms with van der Waals surface area (Å²) < 4.78 is 3.25. The van der Waals surface area contributed by atoms with Gasteiger partial charge in [0.2, 0.25) is 5.91 Å². The van der Waals surface area contributed by atoms with Crippen LogP contribution >= 0.6 is 0 Å². The highest BCUT2D eigenvalue weighted by Crippen LogP contribution is 2.31. The Hall–Kier alpha value is -2.63. The number of fused-ring (bicyclic) bond motifs is 3. The molecule has 6 nitrogen and oxygen atoms in total. The molecule has 0 aliphatic heterocycles. The maximum Gasteiger partial charge on any atom is 0.291 e. The molecule has 26 heavy (non-hydrogen) atoms. The van der Waals surface area contributed by atoms with Crippen LogP contribution in [0, 0.1) is 0 Å². The van der Waals surface area contributed by atoms with Gasteiger partial charge < -0.3 is 9.88 Å². The van der Waals surface area contributed by atoms with E-state index in [1.165, 1.54) is 17.5 Å². The van der Waals surface area contributed by atoms with Crippen LogP contribution < -0.4 is 10.9 Å². The third-order valence-corrected chi connectivity index (χ3v) is 5.51. The second-order valence-corrected chi connectivity index (χ2v) is 7.14. The number of benzene rings is 1. The Morgan fingerprint density at radius 1 is 1.27 bits per heavy atom. The fraction of sp³-hybridized carbons (Fsp3) is 0.450. The van der Waals surface area contributed by atoms with Gasteiger partial charge in [-0.15, -0.1) is 0 Å². The number of rotatable bonds is 4. The number of hydrogen-bond donors (Lipinski definition) is 1. The fourth-order valence-corrected chi connectivity index (χ4v) is 4.16. The van der Waals surface area contributed by atoms with Gasteiger partial charge in [0.15, 0.2) is 0 Å². The van der Waals surface area contributed by atoms with E-state index in [4.69, 9.17) is 0 Å². The van der Waals surface area contributed by atoms with Crippen LogP contribution in [0.1, 0.15) is 45.1 Å². The molecule has 1 saturated carbocycles. The van der Waals surface area contributed by atoms with Crippen LogP contribution in [0.4, 0.5) is 0 Å². The van der Waals surface area contributed by atoms with E-state index in [2.05, 4.69) is 10.4 Å². The summed E-state index contributed by atoms with van der Waals surface area (Å²) in [4.78, 5) is 25.9. The zero-order valence-electron chi connectivity index (χ0n) is 15.2. The van der Waals surface area contributed by atoms with Crippen LogP contribution in [0.15, 0.2) is 35.3 Å². The van der Waals surface area contributed by atoms with Crippen LogP contribution in [-0.2, 0) is 11.8 Å². The van der Waals surface area contributed by atoms with Crippen molar-refractivity contribution in [3.8, 4) is 0 Å². The summed E-state index contributed by atoms with van der Waals surface area (Å²) in [5.74, 6) is 0.000850. The largest absolute Gasteiger partial charge is 0.352 e. The standard InChI is InChI=1S/C20H24N4O2/c1-3-16(19(25)22-13-8-4-5-9-13)24-17-11-7-6-10-14(17)15-12-21-23(2)20(26)18(15)24/h6-7,10-13,16H,3-5,8-9H2,1-2H3,(H,22,25). The topological polar surface area (TPSA) is 68.9 Å². The third kappa shape index (κ3) is 2.60. The summed E-state index contributed by atoms with van der Waals surface area (Å²) in [6.45, 7) is 1.99. The average molecular weight is 352 g/mol. The van der Waals surface area contributed by atoms with Crippen molar-refractivity contribution in [2.24, 2.45) is 7.05 Å². The van der Waals surface area contributed by atoms with E-state index in [-0.39, 0.29) is 17.5 Å². The molecule has 3 aromatic rings. The zero-order valence-corrected chi connectivity index (χ0v) is 15.2. The van der Waals surface area contributed by atoms with Crippen molar-refractivity contribution < 1.29 is 4.79 Å². The Morgan fingerprint density at radius 2 is 2.00 bits per heavy atom. The maximum atomic E-state index is 13.1. The van der Waals surface area contributed by atoms with E-state index < -0.39 is 6.04 Å². The lowest BCUT2D eigenvalue weighted by Gasteiger charge is -2.21. The molecule has 1 atom stereocenters. The van der Waals surface area contributed by atoms with Gasteiger partial charge in [-0.25, -0.2) is 4.68 Å². The highest BCUT2D eigenvalue weighted by atomic mass is 16.2. The molecular weight excluding hydrogens is 328 g/mol. The molecule has 0 bridgehead atoms. The van der Waals surface area contributed by atoms with E-state index in [1.54, 1.807) is 13.2 Å². The quantitative estimate of drug-likeness (QED) is 0.785. The third-order valence-electron chi connectivity index (χ3n) is 5.51. The molecular formula is C20H24N4O2.